The van der Waals surface area contributed by atoms with Crippen LogP contribution in [-0.4, -0.2) is 28.7 Å². The van der Waals surface area contributed by atoms with Crippen LogP contribution in [0.25, 0.3) is 0 Å². The summed E-state index contributed by atoms with van der Waals surface area (Å²) in [6, 6.07) is 0.400. The van der Waals surface area contributed by atoms with Gasteiger partial charge in [-0.25, -0.2) is 4.98 Å². The Labute approximate surface area is 127 Å². The molecule has 1 N–H and O–H groups in total. The lowest BCUT2D eigenvalue weighted by atomic mass is 9.93. The normalized spacial score (nSPS) is 29.7. The van der Waals surface area contributed by atoms with Crippen LogP contribution in [0.2, 0.25) is 0 Å². The predicted molar refractivity (Wildman–Crippen MR) is 84.1 cm³/mol. The summed E-state index contributed by atoms with van der Waals surface area (Å²) in [6.07, 6.45) is 14.8. The molecule has 4 nitrogen and oxygen atoms in total. The van der Waals surface area contributed by atoms with Crippen LogP contribution >= 0.6 is 0 Å². The molecule has 1 aliphatic carbocycles. The monoisotopic (exact) mass is 289 g/mol. The fourth-order valence-electron chi connectivity index (χ4n) is 3.45. The summed E-state index contributed by atoms with van der Waals surface area (Å²) in [5, 5.41) is 3.77. The number of aryl methyl sites for hydroxylation is 1. The Balaban J connectivity index is 1.62. The molecule has 1 aromatic heterocycles. The molecule has 0 unspecified atom stereocenters. The van der Waals surface area contributed by atoms with Crippen LogP contribution in [0.15, 0.2) is 24.5 Å². The van der Waals surface area contributed by atoms with E-state index < -0.39 is 0 Å². The largest absolute Gasteiger partial charge is 0.369 e. The van der Waals surface area contributed by atoms with E-state index in [1.807, 2.05) is 6.20 Å². The second kappa shape index (κ2) is 7.23. The number of nitrogens with one attached hydrogen (secondary N) is 1. The van der Waals surface area contributed by atoms with Crippen molar-refractivity contribution in [3.8, 4) is 0 Å². The van der Waals surface area contributed by atoms with Crippen molar-refractivity contribution in [3.05, 3.63) is 30.4 Å². The van der Waals surface area contributed by atoms with Crippen molar-refractivity contribution in [2.45, 2.75) is 57.7 Å². The number of imidazole rings is 1. The Morgan fingerprint density at radius 1 is 1.38 bits per heavy atom. The van der Waals surface area contributed by atoms with E-state index in [1.165, 1.54) is 25.7 Å². The van der Waals surface area contributed by atoms with Gasteiger partial charge in [0.15, 0.2) is 0 Å². The van der Waals surface area contributed by atoms with Gasteiger partial charge in [-0.15, -0.1) is 0 Å². The van der Waals surface area contributed by atoms with Crippen LogP contribution in [-0.2, 0) is 11.3 Å². The third kappa shape index (κ3) is 3.55. The number of aromatic nitrogens is 2. The van der Waals surface area contributed by atoms with E-state index in [9.17, 15) is 0 Å². The van der Waals surface area contributed by atoms with Gasteiger partial charge in [0.05, 0.1) is 0 Å². The van der Waals surface area contributed by atoms with Gasteiger partial charge in [0.2, 0.25) is 0 Å². The van der Waals surface area contributed by atoms with E-state index >= 15 is 0 Å². The minimum absolute atomic E-state index is 0.104. The van der Waals surface area contributed by atoms with E-state index in [-0.39, 0.29) is 6.10 Å². The number of allylic oxidation sites excluding steroid dienone is 2. The third-order valence-electron chi connectivity index (χ3n) is 4.71. The standard InChI is InChI=1S/C17H27N3O/c1-2-20-11-10-18-17(20)16-15(9-6-12-21-16)19-13-14-7-4-3-5-8-14/h3-4,10-11,14-16,19H,2,5-9,12-13H2,1H3/t14-,15-,16-/m0/s1. The van der Waals surface area contributed by atoms with Crippen LogP contribution in [0.3, 0.4) is 0 Å². The second-order valence-corrected chi connectivity index (χ2v) is 6.17. The molecule has 1 saturated heterocycles. The number of rotatable bonds is 5. The molecule has 0 aromatic carbocycles. The first-order chi connectivity index (χ1) is 10.4. The van der Waals surface area contributed by atoms with Crippen LogP contribution < -0.4 is 5.32 Å². The maximum Gasteiger partial charge on any atom is 0.139 e. The molecule has 116 valence electrons. The van der Waals surface area contributed by atoms with Gasteiger partial charge in [-0.3, -0.25) is 0 Å². The van der Waals surface area contributed by atoms with E-state index in [0.717, 1.165) is 37.9 Å². The lowest BCUT2D eigenvalue weighted by molar-refractivity contribution is -0.0186. The first-order valence-electron chi connectivity index (χ1n) is 8.39. The summed E-state index contributed by atoms with van der Waals surface area (Å²) in [6.45, 7) is 5.06. The molecule has 4 heteroatoms. The lowest BCUT2D eigenvalue weighted by Gasteiger charge is -2.33. The predicted octanol–water partition coefficient (Wildman–Crippen LogP) is 3.07. The molecular formula is C17H27N3O. The highest BCUT2D eigenvalue weighted by atomic mass is 16.5. The fourth-order valence-corrected chi connectivity index (χ4v) is 3.45. The van der Waals surface area contributed by atoms with Gasteiger partial charge in [0.1, 0.15) is 11.9 Å². The Morgan fingerprint density at radius 3 is 3.14 bits per heavy atom. The molecule has 21 heavy (non-hydrogen) atoms. The van der Waals surface area contributed by atoms with Gasteiger partial charge in [-0.2, -0.15) is 0 Å². The smallest absolute Gasteiger partial charge is 0.139 e. The topological polar surface area (TPSA) is 39.1 Å². The van der Waals surface area contributed by atoms with Crippen LogP contribution in [0.1, 0.15) is 51.0 Å². The molecule has 1 aliphatic heterocycles. The molecule has 1 aromatic rings. The van der Waals surface area contributed by atoms with Crippen molar-refractivity contribution in [2.24, 2.45) is 5.92 Å². The van der Waals surface area contributed by atoms with E-state index in [2.05, 4.69) is 40.1 Å². The highest BCUT2D eigenvalue weighted by Crippen LogP contribution is 2.28. The Morgan fingerprint density at radius 2 is 2.33 bits per heavy atom. The van der Waals surface area contributed by atoms with Crippen molar-refractivity contribution in [3.63, 3.8) is 0 Å². The van der Waals surface area contributed by atoms with E-state index in [0.29, 0.717) is 6.04 Å². The van der Waals surface area contributed by atoms with Gasteiger partial charge in [-0.1, -0.05) is 12.2 Å². The average molecular weight is 289 g/mol. The van der Waals surface area contributed by atoms with Crippen LogP contribution in [0.4, 0.5) is 0 Å². The quantitative estimate of drug-likeness (QED) is 0.847. The van der Waals surface area contributed by atoms with Crippen molar-refractivity contribution < 1.29 is 4.74 Å². The number of hydrogen-bond acceptors (Lipinski definition) is 3. The molecular weight excluding hydrogens is 262 g/mol. The summed E-state index contributed by atoms with van der Waals surface area (Å²) in [7, 11) is 0. The zero-order valence-electron chi connectivity index (χ0n) is 13.0. The Bertz CT molecular complexity index is 468. The van der Waals surface area contributed by atoms with Crippen LogP contribution in [0, 0.1) is 5.92 Å². The summed E-state index contributed by atoms with van der Waals surface area (Å²) >= 11 is 0. The molecule has 0 bridgehead atoms. The zero-order chi connectivity index (χ0) is 14.5. The molecule has 2 heterocycles. The first-order valence-corrected chi connectivity index (χ1v) is 8.39. The van der Waals surface area contributed by atoms with Crippen molar-refractivity contribution in [2.75, 3.05) is 13.2 Å². The van der Waals surface area contributed by atoms with E-state index in [1.54, 1.807) is 0 Å². The number of nitrogens with zero attached hydrogens (tertiary/aromatic N) is 2. The van der Waals surface area contributed by atoms with Gasteiger partial charge in [0, 0.05) is 31.6 Å². The fraction of sp³-hybridized carbons (Fsp3) is 0.706. The van der Waals surface area contributed by atoms with Gasteiger partial charge >= 0.3 is 0 Å². The second-order valence-electron chi connectivity index (χ2n) is 6.17. The molecule has 0 radical (unpaired) electrons. The number of ether oxygens (including phenoxy) is 1. The molecule has 0 amide bonds. The van der Waals surface area contributed by atoms with Gasteiger partial charge in [-0.05, 0) is 51.5 Å². The molecule has 1 fully saturated rings. The molecule has 3 atom stereocenters. The molecule has 0 spiro atoms. The Hall–Kier alpha value is -1.13. The summed E-state index contributed by atoms with van der Waals surface area (Å²) < 4.78 is 8.26. The van der Waals surface area contributed by atoms with Crippen LogP contribution in [0.5, 0.6) is 0 Å². The maximum absolute atomic E-state index is 6.06. The molecule has 2 aliphatic rings. The van der Waals surface area contributed by atoms with Crippen molar-refractivity contribution in [1.29, 1.82) is 0 Å². The van der Waals surface area contributed by atoms with Crippen molar-refractivity contribution in [1.82, 2.24) is 14.9 Å². The van der Waals surface area contributed by atoms with Crippen molar-refractivity contribution >= 4 is 0 Å². The lowest BCUT2D eigenvalue weighted by Crippen LogP contribution is -2.42. The minimum Gasteiger partial charge on any atom is -0.369 e. The molecule has 3 rings (SSSR count). The highest BCUT2D eigenvalue weighted by Gasteiger charge is 2.30. The minimum atomic E-state index is 0.104. The van der Waals surface area contributed by atoms with E-state index in [4.69, 9.17) is 4.74 Å². The summed E-state index contributed by atoms with van der Waals surface area (Å²) in [5.74, 6) is 1.86. The third-order valence-corrected chi connectivity index (χ3v) is 4.71. The van der Waals surface area contributed by atoms with Gasteiger partial charge < -0.3 is 14.6 Å². The summed E-state index contributed by atoms with van der Waals surface area (Å²) in [5.41, 5.74) is 0. The maximum atomic E-state index is 6.06. The Kier molecular flexibility index (Phi) is 5.09. The summed E-state index contributed by atoms with van der Waals surface area (Å²) in [4.78, 5) is 4.54. The zero-order valence-corrected chi connectivity index (χ0v) is 13.0. The average Bonchev–Trinajstić information content (AvgIpc) is 3.02. The SMILES string of the molecule is CCn1ccnc1[C@H]1OCCC[C@@H]1NC[C@H]1CC=CCC1. The molecule has 0 saturated carbocycles. The van der Waals surface area contributed by atoms with Gasteiger partial charge in [0.25, 0.3) is 0 Å². The number of hydrogen-bond donors (Lipinski definition) is 1. The highest BCUT2D eigenvalue weighted by molar-refractivity contribution is 5.03. The first kappa shape index (κ1) is 14.8.